The van der Waals surface area contributed by atoms with E-state index < -0.39 is 0 Å². The fraction of sp³-hybridized carbons (Fsp3) is 0.600. The summed E-state index contributed by atoms with van der Waals surface area (Å²) in [5.74, 6) is -0.272. The van der Waals surface area contributed by atoms with Gasteiger partial charge in [-0.25, -0.2) is 0 Å². The standard InChI is InChI=1S/C5H8N2O2/c6-7-4-5(9)2-1-3-8/h4,8H,1-3H2. The molecule has 0 saturated carbocycles. The highest BCUT2D eigenvalue weighted by Crippen LogP contribution is 1.84. The van der Waals surface area contributed by atoms with E-state index in [1.807, 2.05) is 0 Å². The van der Waals surface area contributed by atoms with Gasteiger partial charge >= 0.3 is 6.21 Å². The lowest BCUT2D eigenvalue weighted by Crippen LogP contribution is -2.00. The molecule has 0 unspecified atom stereocenters. The van der Waals surface area contributed by atoms with Crippen LogP contribution < -0.4 is 0 Å². The van der Waals surface area contributed by atoms with Crippen molar-refractivity contribution in [1.29, 1.82) is 0 Å². The van der Waals surface area contributed by atoms with E-state index in [1.54, 1.807) is 0 Å². The summed E-state index contributed by atoms with van der Waals surface area (Å²) in [6, 6.07) is 0. The lowest BCUT2D eigenvalue weighted by Gasteiger charge is -1.84. The molecule has 0 fully saturated rings. The van der Waals surface area contributed by atoms with E-state index >= 15 is 0 Å². The van der Waals surface area contributed by atoms with Crippen molar-refractivity contribution in [1.82, 2.24) is 0 Å². The molecule has 0 rings (SSSR count). The summed E-state index contributed by atoms with van der Waals surface area (Å²) in [4.78, 5) is 12.9. The zero-order valence-electron chi connectivity index (χ0n) is 4.95. The molecule has 0 heterocycles. The van der Waals surface area contributed by atoms with Gasteiger partial charge in [-0.1, -0.05) is 0 Å². The fourth-order valence-corrected chi connectivity index (χ4v) is 0.382. The molecule has 0 spiro atoms. The lowest BCUT2D eigenvalue weighted by molar-refractivity contribution is -0.116. The maximum Gasteiger partial charge on any atom is 0.323 e. The Morgan fingerprint density at radius 2 is 2.44 bits per heavy atom. The zero-order valence-corrected chi connectivity index (χ0v) is 4.95. The number of aliphatic hydroxyl groups is 1. The highest BCUT2D eigenvalue weighted by atomic mass is 16.3. The Morgan fingerprint density at radius 3 is 2.89 bits per heavy atom. The van der Waals surface area contributed by atoms with Gasteiger partial charge in [0.1, 0.15) is 0 Å². The first kappa shape index (κ1) is 8.01. The Labute approximate surface area is 52.7 Å². The predicted molar refractivity (Wildman–Crippen MR) is 31.0 cm³/mol. The number of hydrogen-bond acceptors (Lipinski definition) is 2. The van der Waals surface area contributed by atoms with Gasteiger partial charge in [0, 0.05) is 13.0 Å². The molecule has 50 valence electrons. The van der Waals surface area contributed by atoms with Gasteiger partial charge in [-0.05, 0) is 6.42 Å². The first-order valence-corrected chi connectivity index (χ1v) is 2.62. The van der Waals surface area contributed by atoms with Crippen molar-refractivity contribution in [3.05, 3.63) is 5.53 Å². The van der Waals surface area contributed by atoms with Gasteiger partial charge < -0.3 is 10.6 Å². The molecule has 0 aromatic rings. The van der Waals surface area contributed by atoms with Gasteiger partial charge in [0.2, 0.25) is 5.78 Å². The summed E-state index contributed by atoms with van der Waals surface area (Å²) in [7, 11) is 0. The summed E-state index contributed by atoms with van der Waals surface area (Å²) in [5, 5.41) is 8.22. The molecule has 0 aliphatic carbocycles. The Balaban J connectivity index is 3.39. The number of carbonyl (C=O) groups excluding carboxylic acids is 1. The number of rotatable bonds is 4. The Kier molecular flexibility index (Phi) is 4.59. The molecule has 0 aromatic carbocycles. The molecule has 4 heteroatoms. The van der Waals surface area contributed by atoms with Gasteiger partial charge in [0.05, 0.1) is 0 Å². The highest BCUT2D eigenvalue weighted by molar-refractivity contribution is 6.25. The van der Waals surface area contributed by atoms with Crippen LogP contribution in [0, 0.1) is 0 Å². The summed E-state index contributed by atoms with van der Waals surface area (Å²) in [5.41, 5.74) is 7.82. The monoisotopic (exact) mass is 128 g/mol. The van der Waals surface area contributed by atoms with Crippen LogP contribution in [0.1, 0.15) is 12.8 Å². The third-order valence-corrected chi connectivity index (χ3v) is 0.783. The Bertz CT molecular complexity index is 138. The topological polar surface area (TPSA) is 73.7 Å². The van der Waals surface area contributed by atoms with Gasteiger partial charge in [0.25, 0.3) is 0 Å². The van der Waals surface area contributed by atoms with E-state index in [1.165, 1.54) is 0 Å². The SMILES string of the molecule is [N-]=[N+]=CC(=O)CCCO. The molecule has 0 aliphatic rings. The molecule has 0 saturated heterocycles. The largest absolute Gasteiger partial charge is 0.396 e. The second kappa shape index (κ2) is 5.15. The Morgan fingerprint density at radius 1 is 1.78 bits per heavy atom. The van der Waals surface area contributed by atoms with E-state index in [4.69, 9.17) is 10.6 Å². The molecule has 0 amide bonds. The molecule has 1 N–H and O–H groups in total. The highest BCUT2D eigenvalue weighted by Gasteiger charge is 1.99. The third-order valence-electron chi connectivity index (χ3n) is 0.783. The quantitative estimate of drug-likeness (QED) is 0.318. The molecule has 4 nitrogen and oxygen atoms in total. The smallest absolute Gasteiger partial charge is 0.323 e. The minimum absolute atomic E-state index is 0.00892. The molecule has 0 radical (unpaired) electrons. The minimum Gasteiger partial charge on any atom is -0.396 e. The average Bonchev–Trinajstić information content (AvgIpc) is 1.85. The van der Waals surface area contributed by atoms with E-state index in [-0.39, 0.29) is 18.8 Å². The van der Waals surface area contributed by atoms with Gasteiger partial charge in [0.15, 0.2) is 0 Å². The van der Waals surface area contributed by atoms with Crippen LogP contribution in [-0.4, -0.2) is 28.5 Å². The van der Waals surface area contributed by atoms with Crippen molar-refractivity contribution in [3.63, 3.8) is 0 Å². The summed E-state index contributed by atoms with van der Waals surface area (Å²) in [6.07, 6.45) is 1.49. The van der Waals surface area contributed by atoms with Crippen molar-refractivity contribution in [2.75, 3.05) is 6.61 Å². The van der Waals surface area contributed by atoms with Gasteiger partial charge in [-0.3, -0.25) is 4.79 Å². The van der Waals surface area contributed by atoms with Gasteiger partial charge in [-0.2, -0.15) is 4.79 Å². The van der Waals surface area contributed by atoms with Crippen molar-refractivity contribution < 1.29 is 14.7 Å². The number of aliphatic hydroxyl groups excluding tert-OH is 1. The maximum atomic E-state index is 10.4. The van der Waals surface area contributed by atoms with Crippen LogP contribution in [0.25, 0.3) is 5.53 Å². The molecule has 0 aromatic heterocycles. The molecular weight excluding hydrogens is 120 g/mol. The Hall–Kier alpha value is -0.990. The van der Waals surface area contributed by atoms with Crippen molar-refractivity contribution in [2.24, 2.45) is 0 Å². The van der Waals surface area contributed by atoms with Crippen molar-refractivity contribution >= 4 is 12.0 Å². The van der Waals surface area contributed by atoms with Crippen LogP contribution in [0.4, 0.5) is 0 Å². The normalized spacial score (nSPS) is 8.11. The molecule has 0 aliphatic heterocycles. The van der Waals surface area contributed by atoms with Gasteiger partial charge in [-0.15, -0.1) is 0 Å². The molecular formula is C5H8N2O2. The second-order valence-electron chi connectivity index (χ2n) is 1.54. The van der Waals surface area contributed by atoms with Crippen LogP contribution in [-0.2, 0) is 4.79 Å². The predicted octanol–water partition coefficient (Wildman–Crippen LogP) is -0.371. The fourth-order valence-electron chi connectivity index (χ4n) is 0.382. The average molecular weight is 128 g/mol. The lowest BCUT2D eigenvalue weighted by atomic mass is 10.2. The zero-order chi connectivity index (χ0) is 7.11. The third kappa shape index (κ3) is 4.87. The van der Waals surface area contributed by atoms with Crippen LogP contribution in [0.3, 0.4) is 0 Å². The first-order valence-electron chi connectivity index (χ1n) is 2.62. The first-order chi connectivity index (χ1) is 4.31. The van der Waals surface area contributed by atoms with Crippen LogP contribution >= 0.6 is 0 Å². The summed E-state index contributed by atoms with van der Waals surface area (Å²) >= 11 is 0. The van der Waals surface area contributed by atoms with Crippen LogP contribution in [0.15, 0.2) is 0 Å². The number of Topliss-reactive ketones (excluding diaryl/α,β-unsaturated/α-hetero) is 1. The summed E-state index contributed by atoms with van der Waals surface area (Å²) < 4.78 is 0. The van der Waals surface area contributed by atoms with E-state index in [0.717, 1.165) is 6.21 Å². The number of nitrogens with zero attached hydrogens (tertiary/aromatic N) is 2. The number of carbonyl (C=O) groups is 1. The second-order valence-corrected chi connectivity index (χ2v) is 1.54. The van der Waals surface area contributed by atoms with Crippen LogP contribution in [0.5, 0.6) is 0 Å². The summed E-state index contributed by atoms with van der Waals surface area (Å²) in [6.45, 7) is -0.00892. The number of ketones is 1. The van der Waals surface area contributed by atoms with Crippen LogP contribution in [0.2, 0.25) is 0 Å². The minimum atomic E-state index is -0.272. The number of hydrogen-bond donors (Lipinski definition) is 1. The molecule has 9 heavy (non-hydrogen) atoms. The van der Waals surface area contributed by atoms with E-state index in [0.29, 0.717) is 6.42 Å². The molecule has 0 bridgehead atoms. The molecule has 0 atom stereocenters. The van der Waals surface area contributed by atoms with E-state index in [2.05, 4.69) is 4.79 Å². The van der Waals surface area contributed by atoms with E-state index in [9.17, 15) is 4.79 Å². The van der Waals surface area contributed by atoms with Crippen molar-refractivity contribution in [3.8, 4) is 0 Å². The van der Waals surface area contributed by atoms with Crippen molar-refractivity contribution in [2.45, 2.75) is 12.8 Å². The maximum absolute atomic E-state index is 10.4.